The molecule has 1 N–H and O–H groups in total. The maximum Gasteiger partial charge on any atom is 0.182 e. The van der Waals surface area contributed by atoms with Crippen LogP contribution < -0.4 is 4.74 Å². The molecule has 2 aromatic carbocycles. The Morgan fingerprint density at radius 3 is 2.81 bits per heavy atom. The molecule has 0 aliphatic rings. The topological polar surface area (TPSA) is 29.9 Å². The van der Waals surface area contributed by atoms with E-state index in [0.29, 0.717) is 11.4 Å². The molecule has 1 heterocycles. The standard InChI is InChI=1S/C16H16N2OS2/c1-3-19-14-9-5-8-13-15(14)17-16(20)18(13)11-6-4-7-12(10-11)21-2/h4-10H,3H2,1-2H3,(H,17,20). The van der Waals surface area contributed by atoms with Crippen molar-refractivity contribution in [3.05, 3.63) is 47.2 Å². The number of aromatic amines is 1. The smallest absolute Gasteiger partial charge is 0.182 e. The molecule has 108 valence electrons. The Morgan fingerprint density at radius 2 is 2.05 bits per heavy atom. The predicted molar refractivity (Wildman–Crippen MR) is 91.4 cm³/mol. The van der Waals surface area contributed by atoms with Gasteiger partial charge < -0.3 is 9.72 Å². The number of fused-ring (bicyclic) bond motifs is 1. The van der Waals surface area contributed by atoms with E-state index in [1.807, 2.05) is 29.7 Å². The summed E-state index contributed by atoms with van der Waals surface area (Å²) in [6.45, 7) is 2.61. The number of H-pyrrole nitrogens is 1. The van der Waals surface area contributed by atoms with Crippen LogP contribution in [-0.2, 0) is 0 Å². The molecule has 5 heteroatoms. The number of para-hydroxylation sites is 1. The van der Waals surface area contributed by atoms with Crippen LogP contribution in [0, 0.1) is 4.77 Å². The second-order valence-corrected chi connectivity index (χ2v) is 5.82. The van der Waals surface area contributed by atoms with Crippen molar-refractivity contribution in [3.63, 3.8) is 0 Å². The maximum absolute atomic E-state index is 5.67. The van der Waals surface area contributed by atoms with Crippen LogP contribution in [0.4, 0.5) is 0 Å². The molecule has 3 aromatic rings. The van der Waals surface area contributed by atoms with E-state index < -0.39 is 0 Å². The molecular formula is C16H16N2OS2. The van der Waals surface area contributed by atoms with Gasteiger partial charge in [0.25, 0.3) is 0 Å². The fourth-order valence-electron chi connectivity index (χ4n) is 2.39. The summed E-state index contributed by atoms with van der Waals surface area (Å²) in [5, 5.41) is 0. The summed E-state index contributed by atoms with van der Waals surface area (Å²) in [5.41, 5.74) is 3.04. The van der Waals surface area contributed by atoms with Gasteiger partial charge in [0.15, 0.2) is 4.77 Å². The molecule has 21 heavy (non-hydrogen) atoms. The van der Waals surface area contributed by atoms with Crippen molar-refractivity contribution in [1.82, 2.24) is 9.55 Å². The Bertz CT molecular complexity index is 836. The van der Waals surface area contributed by atoms with E-state index in [4.69, 9.17) is 17.0 Å². The van der Waals surface area contributed by atoms with Crippen molar-refractivity contribution in [2.24, 2.45) is 0 Å². The van der Waals surface area contributed by atoms with Gasteiger partial charge in [-0.05, 0) is 55.7 Å². The normalized spacial score (nSPS) is 11.0. The Hall–Kier alpha value is -1.72. The Labute approximate surface area is 132 Å². The van der Waals surface area contributed by atoms with Gasteiger partial charge >= 0.3 is 0 Å². The van der Waals surface area contributed by atoms with Crippen LogP contribution in [0.15, 0.2) is 47.4 Å². The molecule has 0 saturated carbocycles. The highest BCUT2D eigenvalue weighted by Gasteiger charge is 2.10. The Morgan fingerprint density at radius 1 is 1.24 bits per heavy atom. The third kappa shape index (κ3) is 2.59. The zero-order chi connectivity index (χ0) is 14.8. The van der Waals surface area contributed by atoms with Gasteiger partial charge in [0.1, 0.15) is 11.3 Å². The summed E-state index contributed by atoms with van der Waals surface area (Å²) in [6, 6.07) is 14.4. The van der Waals surface area contributed by atoms with E-state index in [-0.39, 0.29) is 0 Å². The quantitative estimate of drug-likeness (QED) is 0.553. The lowest BCUT2D eigenvalue weighted by atomic mass is 10.2. The number of thioether (sulfide) groups is 1. The number of imidazole rings is 1. The molecule has 0 atom stereocenters. The molecule has 0 unspecified atom stereocenters. The average molecular weight is 316 g/mol. The van der Waals surface area contributed by atoms with E-state index >= 15 is 0 Å². The number of aromatic nitrogens is 2. The fourth-order valence-corrected chi connectivity index (χ4v) is 3.14. The number of nitrogens with zero attached hydrogens (tertiary/aromatic N) is 1. The van der Waals surface area contributed by atoms with Crippen molar-refractivity contribution < 1.29 is 4.74 Å². The summed E-state index contributed by atoms with van der Waals surface area (Å²) in [7, 11) is 0. The van der Waals surface area contributed by atoms with Crippen molar-refractivity contribution in [1.29, 1.82) is 0 Å². The van der Waals surface area contributed by atoms with Crippen LogP contribution >= 0.6 is 24.0 Å². The molecule has 0 aliphatic heterocycles. The Kier molecular flexibility index (Phi) is 4.03. The molecule has 1 aromatic heterocycles. The first-order valence-electron chi connectivity index (χ1n) is 6.75. The van der Waals surface area contributed by atoms with Gasteiger partial charge in [-0.15, -0.1) is 11.8 Å². The number of hydrogen-bond donors (Lipinski definition) is 1. The SMILES string of the molecule is CCOc1cccc2c1[nH]c(=S)n2-c1cccc(SC)c1. The van der Waals surface area contributed by atoms with E-state index in [0.717, 1.165) is 22.5 Å². The molecular weight excluding hydrogens is 300 g/mol. The molecule has 0 spiro atoms. The lowest BCUT2D eigenvalue weighted by molar-refractivity contribution is 0.343. The number of benzene rings is 2. The van der Waals surface area contributed by atoms with Gasteiger partial charge in [0.2, 0.25) is 0 Å². The highest BCUT2D eigenvalue weighted by molar-refractivity contribution is 7.98. The van der Waals surface area contributed by atoms with Crippen LogP contribution in [-0.4, -0.2) is 22.4 Å². The second kappa shape index (κ2) is 5.95. The zero-order valence-electron chi connectivity index (χ0n) is 11.9. The van der Waals surface area contributed by atoms with Gasteiger partial charge in [-0.1, -0.05) is 12.1 Å². The molecule has 0 fully saturated rings. The molecule has 0 saturated heterocycles. The summed E-state index contributed by atoms with van der Waals surface area (Å²) in [6.07, 6.45) is 2.07. The van der Waals surface area contributed by atoms with Crippen LogP contribution in [0.5, 0.6) is 5.75 Å². The van der Waals surface area contributed by atoms with Gasteiger partial charge in [-0.2, -0.15) is 0 Å². The molecule has 0 aliphatic carbocycles. The van der Waals surface area contributed by atoms with Gasteiger partial charge in [0, 0.05) is 10.6 Å². The molecule has 3 rings (SSSR count). The minimum atomic E-state index is 0.632. The minimum absolute atomic E-state index is 0.632. The monoisotopic (exact) mass is 316 g/mol. The van der Waals surface area contributed by atoms with E-state index in [1.165, 1.54) is 4.90 Å². The van der Waals surface area contributed by atoms with Crippen LogP contribution in [0.1, 0.15) is 6.92 Å². The van der Waals surface area contributed by atoms with Gasteiger partial charge in [-0.3, -0.25) is 4.57 Å². The van der Waals surface area contributed by atoms with E-state index in [2.05, 4.69) is 35.5 Å². The summed E-state index contributed by atoms with van der Waals surface area (Å²) in [5.74, 6) is 0.834. The van der Waals surface area contributed by atoms with Crippen molar-refractivity contribution in [3.8, 4) is 11.4 Å². The van der Waals surface area contributed by atoms with Gasteiger partial charge in [-0.25, -0.2) is 0 Å². The van der Waals surface area contributed by atoms with Crippen molar-refractivity contribution in [2.75, 3.05) is 12.9 Å². The number of ether oxygens (including phenoxy) is 1. The zero-order valence-corrected chi connectivity index (χ0v) is 13.6. The van der Waals surface area contributed by atoms with Crippen LogP contribution in [0.2, 0.25) is 0 Å². The average Bonchev–Trinajstić information content (AvgIpc) is 2.85. The first-order chi connectivity index (χ1) is 10.2. The van der Waals surface area contributed by atoms with Crippen LogP contribution in [0.3, 0.4) is 0 Å². The highest BCUT2D eigenvalue weighted by Crippen LogP contribution is 2.28. The summed E-state index contributed by atoms with van der Waals surface area (Å²) in [4.78, 5) is 4.48. The lowest BCUT2D eigenvalue weighted by Gasteiger charge is -2.07. The first-order valence-corrected chi connectivity index (χ1v) is 8.39. The number of rotatable bonds is 4. The second-order valence-electron chi connectivity index (χ2n) is 4.55. The fraction of sp³-hybridized carbons (Fsp3) is 0.188. The van der Waals surface area contributed by atoms with E-state index in [9.17, 15) is 0 Å². The lowest BCUT2D eigenvalue weighted by Crippen LogP contribution is -1.95. The summed E-state index contributed by atoms with van der Waals surface area (Å²) < 4.78 is 8.40. The largest absolute Gasteiger partial charge is 0.492 e. The van der Waals surface area contributed by atoms with E-state index in [1.54, 1.807) is 11.8 Å². The first kappa shape index (κ1) is 14.2. The van der Waals surface area contributed by atoms with Crippen LogP contribution in [0.25, 0.3) is 16.7 Å². The molecule has 0 amide bonds. The van der Waals surface area contributed by atoms with Gasteiger partial charge in [0.05, 0.1) is 12.1 Å². The molecule has 0 bridgehead atoms. The predicted octanol–water partition coefficient (Wildman–Crippen LogP) is 4.81. The summed E-state index contributed by atoms with van der Waals surface area (Å²) >= 11 is 7.22. The van der Waals surface area contributed by atoms with Crippen molar-refractivity contribution in [2.45, 2.75) is 11.8 Å². The Balaban J connectivity index is 2.25. The molecule has 0 radical (unpaired) electrons. The third-order valence-corrected chi connectivity index (χ3v) is 4.30. The number of nitrogens with one attached hydrogen (secondary N) is 1. The third-order valence-electron chi connectivity index (χ3n) is 3.29. The minimum Gasteiger partial charge on any atom is -0.492 e. The molecule has 3 nitrogen and oxygen atoms in total. The maximum atomic E-state index is 5.67. The van der Waals surface area contributed by atoms with Crippen molar-refractivity contribution >= 4 is 35.0 Å². The number of hydrogen-bond acceptors (Lipinski definition) is 3. The highest BCUT2D eigenvalue weighted by atomic mass is 32.2.